The van der Waals surface area contributed by atoms with Crippen molar-refractivity contribution < 1.29 is 22.7 Å². The van der Waals surface area contributed by atoms with Gasteiger partial charge in [0.15, 0.2) is 6.61 Å². The van der Waals surface area contributed by atoms with Crippen molar-refractivity contribution in [3.8, 4) is 5.75 Å². The van der Waals surface area contributed by atoms with Crippen LogP contribution in [0.25, 0.3) is 0 Å². The van der Waals surface area contributed by atoms with Gasteiger partial charge in [0, 0.05) is 11.6 Å². The van der Waals surface area contributed by atoms with E-state index < -0.39 is 22.5 Å². The molecule has 4 rings (SSSR count). The van der Waals surface area contributed by atoms with Crippen LogP contribution >= 0.6 is 11.6 Å². The molecule has 2 N–H and O–H groups in total. The Bertz CT molecular complexity index is 1600. The SMILES string of the molecule is O=C(COc1ccc(/C=N\NC(=O)CN(c2cccc(Cl)c2)S(=O)(=O)c2ccccc2)cc1)NCc1ccccc1. The van der Waals surface area contributed by atoms with E-state index in [4.69, 9.17) is 16.3 Å². The monoisotopic (exact) mass is 590 g/mol. The Hall–Kier alpha value is -4.67. The van der Waals surface area contributed by atoms with Crippen molar-refractivity contribution in [3.05, 3.63) is 125 Å². The minimum absolute atomic E-state index is 0.0345. The maximum absolute atomic E-state index is 13.3. The van der Waals surface area contributed by atoms with Crippen LogP contribution < -0.4 is 19.8 Å². The lowest BCUT2D eigenvalue weighted by Gasteiger charge is -2.23. The first-order chi connectivity index (χ1) is 19.8. The quantitative estimate of drug-likeness (QED) is 0.188. The largest absolute Gasteiger partial charge is 0.484 e. The first-order valence-electron chi connectivity index (χ1n) is 12.5. The molecule has 0 fully saturated rings. The Kier molecular flexibility index (Phi) is 10.1. The molecule has 0 spiro atoms. The van der Waals surface area contributed by atoms with E-state index in [9.17, 15) is 18.0 Å². The summed E-state index contributed by atoms with van der Waals surface area (Å²) in [6.45, 7) is -0.238. The third-order valence-corrected chi connectivity index (χ3v) is 7.72. The predicted molar refractivity (Wildman–Crippen MR) is 158 cm³/mol. The molecule has 210 valence electrons. The number of hydrogen-bond donors (Lipinski definition) is 2. The molecule has 4 aromatic rings. The van der Waals surface area contributed by atoms with Crippen LogP contribution in [0.15, 0.2) is 119 Å². The normalized spacial score (nSPS) is 11.1. The summed E-state index contributed by atoms with van der Waals surface area (Å²) in [5.41, 5.74) is 4.24. The summed E-state index contributed by atoms with van der Waals surface area (Å²) in [5, 5.41) is 7.06. The molecular formula is C30H27ClN4O5S. The summed E-state index contributed by atoms with van der Waals surface area (Å²) >= 11 is 6.08. The zero-order valence-corrected chi connectivity index (χ0v) is 23.4. The molecule has 2 amide bonds. The van der Waals surface area contributed by atoms with Gasteiger partial charge < -0.3 is 10.1 Å². The Morgan fingerprint density at radius 2 is 1.54 bits per heavy atom. The highest BCUT2D eigenvalue weighted by Gasteiger charge is 2.27. The highest BCUT2D eigenvalue weighted by Crippen LogP contribution is 2.26. The molecule has 0 bridgehead atoms. The lowest BCUT2D eigenvalue weighted by atomic mass is 10.2. The van der Waals surface area contributed by atoms with Crippen LogP contribution in [-0.2, 0) is 26.2 Å². The van der Waals surface area contributed by atoms with Crippen LogP contribution in [0.2, 0.25) is 5.02 Å². The fourth-order valence-corrected chi connectivity index (χ4v) is 5.28. The number of halogens is 1. The van der Waals surface area contributed by atoms with Gasteiger partial charge in [-0.3, -0.25) is 13.9 Å². The first-order valence-corrected chi connectivity index (χ1v) is 14.3. The van der Waals surface area contributed by atoms with Crippen LogP contribution in [0.1, 0.15) is 11.1 Å². The number of hydrogen-bond acceptors (Lipinski definition) is 6. The number of carbonyl (C=O) groups excluding carboxylic acids is 2. The van der Waals surface area contributed by atoms with Crippen molar-refractivity contribution in [2.75, 3.05) is 17.5 Å². The minimum Gasteiger partial charge on any atom is -0.484 e. The Morgan fingerprint density at radius 3 is 2.22 bits per heavy atom. The fraction of sp³-hybridized carbons (Fsp3) is 0.100. The van der Waals surface area contributed by atoms with Gasteiger partial charge in [-0.15, -0.1) is 0 Å². The van der Waals surface area contributed by atoms with Crippen LogP contribution in [0.3, 0.4) is 0 Å². The summed E-state index contributed by atoms with van der Waals surface area (Å²) in [5.74, 6) is -0.408. The van der Waals surface area contributed by atoms with Crippen LogP contribution in [0.5, 0.6) is 5.75 Å². The highest BCUT2D eigenvalue weighted by molar-refractivity contribution is 7.92. The van der Waals surface area contributed by atoms with E-state index >= 15 is 0 Å². The maximum Gasteiger partial charge on any atom is 0.264 e. The topological polar surface area (TPSA) is 117 Å². The van der Waals surface area contributed by atoms with Crippen molar-refractivity contribution in [1.82, 2.24) is 10.7 Å². The summed E-state index contributed by atoms with van der Waals surface area (Å²) in [6.07, 6.45) is 1.41. The molecule has 0 heterocycles. The lowest BCUT2D eigenvalue weighted by molar-refractivity contribution is -0.123. The van der Waals surface area contributed by atoms with Gasteiger partial charge in [0.25, 0.3) is 21.8 Å². The zero-order valence-electron chi connectivity index (χ0n) is 21.8. The summed E-state index contributed by atoms with van der Waals surface area (Å²) in [4.78, 5) is 24.8. The number of nitrogens with zero attached hydrogens (tertiary/aromatic N) is 2. The average molecular weight is 591 g/mol. The van der Waals surface area contributed by atoms with E-state index in [-0.39, 0.29) is 23.1 Å². The molecule has 41 heavy (non-hydrogen) atoms. The van der Waals surface area contributed by atoms with Crippen molar-refractivity contribution in [1.29, 1.82) is 0 Å². The standard InChI is InChI=1S/C30H27ClN4O5S/c31-25-10-7-11-26(18-25)35(41(38,39)28-12-5-2-6-13-28)21-29(36)34-33-20-24-14-16-27(17-15-24)40-22-30(37)32-19-23-8-3-1-4-9-23/h1-18,20H,19,21-22H2,(H,32,37)(H,34,36)/b33-20-. The molecule has 0 aliphatic heterocycles. The number of carbonyl (C=O) groups is 2. The molecule has 0 radical (unpaired) electrons. The molecule has 0 atom stereocenters. The van der Waals surface area contributed by atoms with Crippen LogP contribution in [0, 0.1) is 0 Å². The number of benzene rings is 4. The summed E-state index contributed by atoms with van der Waals surface area (Å²) < 4.78 is 33.2. The van der Waals surface area contributed by atoms with Crippen LogP contribution in [0.4, 0.5) is 5.69 Å². The number of ether oxygens (including phenoxy) is 1. The van der Waals surface area contributed by atoms with Crippen LogP contribution in [-0.4, -0.2) is 39.6 Å². The van der Waals surface area contributed by atoms with E-state index in [1.54, 1.807) is 60.7 Å². The molecular weight excluding hydrogens is 564 g/mol. The third kappa shape index (κ3) is 8.66. The van der Waals surface area contributed by atoms with Crippen molar-refractivity contribution in [2.24, 2.45) is 5.10 Å². The van der Waals surface area contributed by atoms with Gasteiger partial charge >= 0.3 is 0 Å². The maximum atomic E-state index is 13.3. The second kappa shape index (κ2) is 14.1. The summed E-state index contributed by atoms with van der Waals surface area (Å²) in [7, 11) is -4.06. The second-order valence-corrected chi connectivity index (χ2v) is 11.0. The van der Waals surface area contributed by atoms with E-state index in [0.717, 1.165) is 9.87 Å². The number of hydrazone groups is 1. The molecule has 0 aliphatic rings. The molecule has 0 saturated heterocycles. The Morgan fingerprint density at radius 1 is 0.854 bits per heavy atom. The minimum atomic E-state index is -4.06. The Labute approximate surface area is 243 Å². The zero-order chi connectivity index (χ0) is 29.1. The van der Waals surface area contributed by atoms with Gasteiger partial charge in [-0.2, -0.15) is 5.10 Å². The number of rotatable bonds is 12. The fourth-order valence-electron chi connectivity index (χ4n) is 3.66. The van der Waals surface area contributed by atoms with Crippen molar-refractivity contribution in [3.63, 3.8) is 0 Å². The van der Waals surface area contributed by atoms with E-state index in [1.807, 2.05) is 30.3 Å². The van der Waals surface area contributed by atoms with E-state index in [0.29, 0.717) is 22.9 Å². The van der Waals surface area contributed by atoms with Gasteiger partial charge in [0.2, 0.25) is 0 Å². The lowest BCUT2D eigenvalue weighted by Crippen LogP contribution is -2.39. The molecule has 11 heteroatoms. The number of anilines is 1. The van der Waals surface area contributed by atoms with E-state index in [1.165, 1.54) is 24.4 Å². The molecule has 0 aliphatic carbocycles. The van der Waals surface area contributed by atoms with Gasteiger partial charge in [0.05, 0.1) is 16.8 Å². The Balaban J connectivity index is 1.31. The average Bonchev–Trinajstić information content (AvgIpc) is 2.99. The number of nitrogens with one attached hydrogen (secondary N) is 2. The van der Waals surface area contributed by atoms with Crippen molar-refractivity contribution in [2.45, 2.75) is 11.4 Å². The summed E-state index contributed by atoms with van der Waals surface area (Å²) in [6, 6.07) is 30.3. The van der Waals surface area contributed by atoms with Gasteiger partial charge in [-0.1, -0.05) is 66.2 Å². The molecule has 0 saturated carbocycles. The third-order valence-electron chi connectivity index (χ3n) is 5.70. The molecule has 9 nitrogen and oxygen atoms in total. The molecule has 0 aromatic heterocycles. The predicted octanol–water partition coefficient (Wildman–Crippen LogP) is 4.38. The molecule has 4 aromatic carbocycles. The first kappa shape index (κ1) is 29.3. The van der Waals surface area contributed by atoms with Crippen molar-refractivity contribution >= 4 is 45.3 Å². The highest BCUT2D eigenvalue weighted by atomic mass is 35.5. The van der Waals surface area contributed by atoms with Gasteiger partial charge in [-0.05, 0) is 65.7 Å². The number of sulfonamides is 1. The second-order valence-electron chi connectivity index (χ2n) is 8.72. The van der Waals surface area contributed by atoms with Gasteiger partial charge in [-0.25, -0.2) is 13.8 Å². The smallest absolute Gasteiger partial charge is 0.264 e. The van der Waals surface area contributed by atoms with E-state index in [2.05, 4.69) is 15.8 Å². The number of amides is 2. The van der Waals surface area contributed by atoms with Gasteiger partial charge in [0.1, 0.15) is 12.3 Å². The molecule has 0 unspecified atom stereocenters.